The molecule has 136 valence electrons. The fraction of sp³-hybridized carbons (Fsp3) is 0.474. The molecule has 1 heterocycles. The van der Waals surface area contributed by atoms with E-state index in [1.54, 1.807) is 7.11 Å². The molecule has 25 heavy (non-hydrogen) atoms. The van der Waals surface area contributed by atoms with E-state index in [1.165, 1.54) is 11.8 Å². The monoisotopic (exact) mass is 361 g/mol. The second-order valence-electron chi connectivity index (χ2n) is 6.52. The van der Waals surface area contributed by atoms with Crippen molar-refractivity contribution in [3.63, 3.8) is 0 Å². The van der Waals surface area contributed by atoms with E-state index >= 15 is 0 Å². The number of anilines is 1. The zero-order chi connectivity index (χ0) is 18.6. The minimum absolute atomic E-state index is 0.0658. The first-order valence-corrected chi connectivity index (χ1v) is 9.35. The highest BCUT2D eigenvalue weighted by atomic mass is 32.2. The molecule has 0 spiro atoms. The number of aromatic nitrogens is 2. The van der Waals surface area contributed by atoms with Gasteiger partial charge in [-0.3, -0.25) is 4.79 Å². The third-order valence-corrected chi connectivity index (χ3v) is 5.08. The first-order valence-electron chi connectivity index (χ1n) is 8.47. The van der Waals surface area contributed by atoms with Gasteiger partial charge in [-0.15, -0.1) is 0 Å². The summed E-state index contributed by atoms with van der Waals surface area (Å²) in [6, 6.07) is 7.41. The van der Waals surface area contributed by atoms with Crippen molar-refractivity contribution in [2.45, 2.75) is 51.6 Å². The Balaban J connectivity index is 2.12. The van der Waals surface area contributed by atoms with Crippen LogP contribution >= 0.6 is 11.8 Å². The Morgan fingerprint density at radius 3 is 2.60 bits per heavy atom. The van der Waals surface area contributed by atoms with Gasteiger partial charge in [-0.1, -0.05) is 37.7 Å². The van der Waals surface area contributed by atoms with Gasteiger partial charge in [0, 0.05) is 12.2 Å². The highest BCUT2D eigenvalue weighted by Gasteiger charge is 2.21. The Bertz CT molecular complexity index is 740. The lowest BCUT2D eigenvalue weighted by Crippen LogP contribution is -2.23. The molecule has 1 aromatic heterocycles. The number of amides is 1. The molecule has 0 saturated carbocycles. The van der Waals surface area contributed by atoms with Crippen molar-refractivity contribution in [3.8, 4) is 5.75 Å². The van der Waals surface area contributed by atoms with E-state index in [0.29, 0.717) is 17.4 Å². The van der Waals surface area contributed by atoms with Crippen molar-refractivity contribution in [1.29, 1.82) is 0 Å². The summed E-state index contributed by atoms with van der Waals surface area (Å²) in [5.41, 5.74) is 2.86. The molecule has 0 aliphatic heterocycles. The number of hydrogen-bond donors (Lipinski definition) is 1. The van der Waals surface area contributed by atoms with E-state index in [0.717, 1.165) is 23.1 Å². The van der Waals surface area contributed by atoms with Gasteiger partial charge in [0.25, 0.3) is 0 Å². The molecule has 1 aromatic carbocycles. The third-order valence-electron chi connectivity index (χ3n) is 3.99. The highest BCUT2D eigenvalue weighted by molar-refractivity contribution is 8.00. The zero-order valence-corrected chi connectivity index (χ0v) is 16.6. The topological polar surface area (TPSA) is 56.1 Å². The van der Waals surface area contributed by atoms with Crippen LogP contribution in [0.5, 0.6) is 5.75 Å². The molecule has 0 bridgehead atoms. The second kappa shape index (κ2) is 8.43. The summed E-state index contributed by atoms with van der Waals surface area (Å²) in [5.74, 6) is 1.11. The number of imidazole rings is 1. The van der Waals surface area contributed by atoms with E-state index < -0.39 is 0 Å². The minimum Gasteiger partial charge on any atom is -0.495 e. The smallest absolute Gasteiger partial charge is 0.237 e. The van der Waals surface area contributed by atoms with Crippen LogP contribution in [0.3, 0.4) is 0 Å². The van der Waals surface area contributed by atoms with Crippen LogP contribution in [0, 0.1) is 19.8 Å². The average molecular weight is 362 g/mol. The van der Waals surface area contributed by atoms with E-state index in [1.807, 2.05) is 38.1 Å². The van der Waals surface area contributed by atoms with Crippen molar-refractivity contribution >= 4 is 23.4 Å². The van der Waals surface area contributed by atoms with Gasteiger partial charge in [-0.25, -0.2) is 4.98 Å². The molecule has 0 radical (unpaired) electrons. The van der Waals surface area contributed by atoms with Crippen LogP contribution < -0.4 is 10.1 Å². The standard InChI is InChI=1S/C19H27N3O2S/c1-12(2)11-22-14(4)13(3)20-19(22)25-15(5)18(23)21-16-9-7-8-10-17(16)24-6/h7-10,12,15H,11H2,1-6H3,(H,21,23)/t15-/m1/s1. The number of carbonyl (C=O) groups excluding carboxylic acids is 1. The Morgan fingerprint density at radius 2 is 1.96 bits per heavy atom. The minimum atomic E-state index is -0.267. The lowest BCUT2D eigenvalue weighted by Gasteiger charge is -2.16. The van der Waals surface area contributed by atoms with Crippen LogP contribution in [0.1, 0.15) is 32.2 Å². The van der Waals surface area contributed by atoms with E-state index in [4.69, 9.17) is 4.74 Å². The van der Waals surface area contributed by atoms with E-state index in [-0.39, 0.29) is 11.2 Å². The first kappa shape index (κ1) is 19.4. The van der Waals surface area contributed by atoms with Gasteiger partial charge < -0.3 is 14.6 Å². The van der Waals surface area contributed by atoms with Crippen LogP contribution in [0.25, 0.3) is 0 Å². The number of rotatable bonds is 7. The molecule has 0 saturated heterocycles. The number of nitrogens with one attached hydrogen (secondary N) is 1. The third kappa shape index (κ3) is 4.78. The zero-order valence-electron chi connectivity index (χ0n) is 15.8. The van der Waals surface area contributed by atoms with Crippen LogP contribution in [0.4, 0.5) is 5.69 Å². The predicted octanol–water partition coefficient (Wildman–Crippen LogP) is 4.28. The number of nitrogens with zero attached hydrogens (tertiary/aromatic N) is 2. The number of para-hydroxylation sites is 2. The van der Waals surface area contributed by atoms with Gasteiger partial charge in [0.15, 0.2) is 5.16 Å². The van der Waals surface area contributed by atoms with Gasteiger partial charge >= 0.3 is 0 Å². The van der Waals surface area contributed by atoms with E-state index in [2.05, 4.69) is 35.6 Å². The number of hydrogen-bond acceptors (Lipinski definition) is 4. The largest absolute Gasteiger partial charge is 0.495 e. The lowest BCUT2D eigenvalue weighted by atomic mass is 10.2. The molecule has 0 fully saturated rings. The van der Waals surface area contributed by atoms with Crippen LogP contribution in [0.15, 0.2) is 29.4 Å². The maximum atomic E-state index is 12.6. The number of thioether (sulfide) groups is 1. The first-order chi connectivity index (χ1) is 11.8. The fourth-order valence-electron chi connectivity index (χ4n) is 2.49. The van der Waals surface area contributed by atoms with Crippen molar-refractivity contribution in [3.05, 3.63) is 35.7 Å². The van der Waals surface area contributed by atoms with Gasteiger partial charge in [0.05, 0.1) is 23.7 Å². The van der Waals surface area contributed by atoms with Gasteiger partial charge in [-0.2, -0.15) is 0 Å². The van der Waals surface area contributed by atoms with Crippen LogP contribution in [0.2, 0.25) is 0 Å². The summed E-state index contributed by atoms with van der Waals surface area (Å²) in [6.07, 6.45) is 0. The molecule has 1 N–H and O–H groups in total. The number of benzene rings is 1. The van der Waals surface area contributed by atoms with Crippen molar-refractivity contribution in [1.82, 2.24) is 9.55 Å². The Hall–Kier alpha value is -1.95. The summed E-state index contributed by atoms with van der Waals surface area (Å²) in [6.45, 7) is 11.2. The SMILES string of the molecule is COc1ccccc1NC(=O)[C@@H](C)Sc1nc(C)c(C)n1CC(C)C. The second-order valence-corrected chi connectivity index (χ2v) is 7.83. The number of carbonyl (C=O) groups is 1. The molecule has 2 aromatic rings. The molecule has 0 unspecified atom stereocenters. The van der Waals surface area contributed by atoms with Crippen molar-refractivity contribution < 1.29 is 9.53 Å². The Kier molecular flexibility index (Phi) is 6.53. The molecule has 0 aliphatic carbocycles. The van der Waals surface area contributed by atoms with Gasteiger partial charge in [0.2, 0.25) is 5.91 Å². The molecule has 6 heteroatoms. The molecule has 1 amide bonds. The Labute approximate surface area is 154 Å². The quantitative estimate of drug-likeness (QED) is 0.748. The fourth-order valence-corrected chi connectivity index (χ4v) is 3.50. The van der Waals surface area contributed by atoms with Crippen molar-refractivity contribution in [2.75, 3.05) is 12.4 Å². The number of ether oxygens (including phenoxy) is 1. The number of aryl methyl sites for hydroxylation is 1. The van der Waals surface area contributed by atoms with Gasteiger partial charge in [0.1, 0.15) is 5.75 Å². The molecular formula is C19H27N3O2S. The molecule has 0 aliphatic rings. The van der Waals surface area contributed by atoms with Crippen LogP contribution in [-0.4, -0.2) is 27.8 Å². The normalized spacial score (nSPS) is 12.3. The predicted molar refractivity (Wildman–Crippen MR) is 103 cm³/mol. The summed E-state index contributed by atoms with van der Waals surface area (Å²) in [5, 5.41) is 3.57. The maximum Gasteiger partial charge on any atom is 0.237 e. The summed E-state index contributed by atoms with van der Waals surface area (Å²) < 4.78 is 7.49. The van der Waals surface area contributed by atoms with Crippen molar-refractivity contribution in [2.24, 2.45) is 5.92 Å². The summed E-state index contributed by atoms with van der Waals surface area (Å²) in [7, 11) is 1.59. The Morgan fingerprint density at radius 1 is 1.28 bits per heavy atom. The lowest BCUT2D eigenvalue weighted by molar-refractivity contribution is -0.115. The number of methoxy groups -OCH3 is 1. The summed E-state index contributed by atoms with van der Waals surface area (Å²) >= 11 is 1.49. The molecule has 1 atom stereocenters. The average Bonchev–Trinajstić information content (AvgIpc) is 2.82. The molecule has 2 rings (SSSR count). The van der Waals surface area contributed by atoms with Crippen LogP contribution in [-0.2, 0) is 11.3 Å². The highest BCUT2D eigenvalue weighted by Crippen LogP contribution is 2.28. The summed E-state index contributed by atoms with van der Waals surface area (Å²) in [4.78, 5) is 17.2. The van der Waals surface area contributed by atoms with E-state index in [9.17, 15) is 4.79 Å². The molecular weight excluding hydrogens is 334 g/mol. The maximum absolute atomic E-state index is 12.6. The van der Waals surface area contributed by atoms with Gasteiger partial charge in [-0.05, 0) is 38.8 Å². The molecule has 5 nitrogen and oxygen atoms in total.